The van der Waals surface area contributed by atoms with Gasteiger partial charge in [-0.1, -0.05) is 30.9 Å². The molecule has 1 atom stereocenters. The predicted molar refractivity (Wildman–Crippen MR) is 101 cm³/mol. The van der Waals surface area contributed by atoms with Crippen molar-refractivity contribution in [2.75, 3.05) is 19.9 Å². The highest BCUT2D eigenvalue weighted by Crippen LogP contribution is 2.40. The van der Waals surface area contributed by atoms with E-state index in [1.54, 1.807) is 0 Å². The molecule has 142 valence electrons. The number of carbonyl (C=O) groups is 1. The fraction of sp³-hybridized carbons (Fsp3) is 0.650. The predicted octanol–water partition coefficient (Wildman–Crippen LogP) is 3.73. The Balaban J connectivity index is 1.35. The summed E-state index contributed by atoms with van der Waals surface area (Å²) in [6.45, 7) is 2.83. The smallest absolute Gasteiger partial charge is 0.231 e. The number of fused-ring (bicyclic) bond motifs is 1. The molecule has 0 radical (unpaired) electrons. The molecule has 2 fully saturated rings. The molecule has 0 bridgehead atoms. The third-order valence-corrected chi connectivity index (χ3v) is 6.00. The summed E-state index contributed by atoms with van der Waals surface area (Å²) in [5.41, 5.74) is 1.10. The van der Waals surface area contributed by atoms with Gasteiger partial charge in [0.1, 0.15) is 0 Å². The molecule has 3 aliphatic rings. The molecule has 5 nitrogen and oxygen atoms in total. The van der Waals surface area contributed by atoms with Crippen molar-refractivity contribution >= 4 is 17.5 Å². The topological polar surface area (TPSA) is 50.8 Å². The van der Waals surface area contributed by atoms with Gasteiger partial charge in [0.25, 0.3) is 0 Å². The van der Waals surface area contributed by atoms with Gasteiger partial charge in [-0.15, -0.1) is 0 Å². The maximum Gasteiger partial charge on any atom is 0.231 e. The summed E-state index contributed by atoms with van der Waals surface area (Å²) in [6, 6.07) is 4.33. The summed E-state index contributed by atoms with van der Waals surface area (Å²) >= 11 is 6.29. The quantitative estimate of drug-likeness (QED) is 0.867. The molecule has 6 heteroatoms. The molecule has 1 unspecified atom stereocenters. The minimum Gasteiger partial charge on any atom is -0.454 e. The summed E-state index contributed by atoms with van der Waals surface area (Å²) in [5.74, 6) is 1.69. The highest BCUT2D eigenvalue weighted by Gasteiger charge is 2.28. The van der Waals surface area contributed by atoms with Crippen molar-refractivity contribution in [1.29, 1.82) is 0 Å². The van der Waals surface area contributed by atoms with Gasteiger partial charge in [0, 0.05) is 19.1 Å². The lowest BCUT2D eigenvalue weighted by atomic mass is 9.93. The van der Waals surface area contributed by atoms with Gasteiger partial charge in [0.15, 0.2) is 11.5 Å². The van der Waals surface area contributed by atoms with Crippen LogP contribution in [0.25, 0.3) is 0 Å². The van der Waals surface area contributed by atoms with Crippen molar-refractivity contribution in [3.63, 3.8) is 0 Å². The zero-order valence-corrected chi connectivity index (χ0v) is 15.9. The van der Waals surface area contributed by atoms with Crippen LogP contribution < -0.4 is 14.8 Å². The number of nitrogens with one attached hydrogen (secondary N) is 1. The number of nitrogens with zero attached hydrogens (tertiary/aromatic N) is 1. The number of halogens is 1. The van der Waals surface area contributed by atoms with E-state index in [1.807, 2.05) is 12.1 Å². The molecular weight excluding hydrogens is 352 g/mol. The van der Waals surface area contributed by atoms with E-state index in [4.69, 9.17) is 21.1 Å². The Morgan fingerprint density at radius 1 is 1.15 bits per heavy atom. The van der Waals surface area contributed by atoms with E-state index in [9.17, 15) is 4.79 Å². The number of likely N-dealkylation sites (tertiary alicyclic amines) is 1. The zero-order chi connectivity index (χ0) is 17.9. The Kier molecular flexibility index (Phi) is 5.55. The first kappa shape index (κ1) is 17.9. The molecular formula is C20H27ClN2O3. The minimum absolute atomic E-state index is 0.0927. The van der Waals surface area contributed by atoms with E-state index in [-0.39, 0.29) is 18.6 Å². The third kappa shape index (κ3) is 4.09. The number of hydrogen-bond donors (Lipinski definition) is 1. The first-order valence-corrected chi connectivity index (χ1v) is 10.2. The van der Waals surface area contributed by atoms with Crippen LogP contribution >= 0.6 is 11.6 Å². The summed E-state index contributed by atoms with van der Waals surface area (Å²) in [4.78, 5) is 15.0. The SMILES string of the molecule is O=C(NC1CCCCC1)C1CCCN(Cc2cc(Cl)c3c(c2)OCO3)C1. The van der Waals surface area contributed by atoms with Crippen molar-refractivity contribution in [3.8, 4) is 11.5 Å². The second kappa shape index (κ2) is 8.05. The average Bonchev–Trinajstić information content (AvgIpc) is 3.12. The molecule has 0 aromatic heterocycles. The number of carbonyl (C=O) groups excluding carboxylic acids is 1. The van der Waals surface area contributed by atoms with Gasteiger partial charge in [-0.05, 0) is 49.9 Å². The van der Waals surface area contributed by atoms with Gasteiger partial charge >= 0.3 is 0 Å². The first-order valence-electron chi connectivity index (χ1n) is 9.80. The molecule has 1 aliphatic carbocycles. The molecule has 2 aliphatic heterocycles. The van der Waals surface area contributed by atoms with Crippen LogP contribution in [0, 0.1) is 5.92 Å². The molecule has 1 amide bonds. The van der Waals surface area contributed by atoms with Crippen molar-refractivity contribution in [2.24, 2.45) is 5.92 Å². The Morgan fingerprint density at radius 2 is 2.00 bits per heavy atom. The van der Waals surface area contributed by atoms with Crippen molar-refractivity contribution in [2.45, 2.75) is 57.5 Å². The average molecular weight is 379 g/mol. The van der Waals surface area contributed by atoms with Crippen LogP contribution in [0.15, 0.2) is 12.1 Å². The van der Waals surface area contributed by atoms with Gasteiger partial charge in [0.2, 0.25) is 12.7 Å². The molecule has 1 saturated carbocycles. The second-order valence-electron chi connectivity index (χ2n) is 7.73. The minimum atomic E-state index is 0.0927. The van der Waals surface area contributed by atoms with Gasteiger partial charge in [-0.3, -0.25) is 9.69 Å². The number of ether oxygens (including phenoxy) is 2. The monoisotopic (exact) mass is 378 g/mol. The van der Waals surface area contributed by atoms with E-state index in [2.05, 4.69) is 10.2 Å². The van der Waals surface area contributed by atoms with Crippen LogP contribution in [0.1, 0.15) is 50.5 Å². The normalized spacial score (nSPS) is 23.8. The van der Waals surface area contributed by atoms with Crippen molar-refractivity contribution in [3.05, 3.63) is 22.7 Å². The lowest BCUT2D eigenvalue weighted by Gasteiger charge is -2.33. The lowest BCUT2D eigenvalue weighted by Crippen LogP contribution is -2.46. The first-order chi connectivity index (χ1) is 12.7. The van der Waals surface area contributed by atoms with Gasteiger partial charge < -0.3 is 14.8 Å². The van der Waals surface area contributed by atoms with Gasteiger partial charge in [-0.25, -0.2) is 0 Å². The summed E-state index contributed by atoms with van der Waals surface area (Å²) in [7, 11) is 0. The molecule has 1 aromatic carbocycles. The highest BCUT2D eigenvalue weighted by atomic mass is 35.5. The maximum absolute atomic E-state index is 12.7. The number of piperidine rings is 1. The van der Waals surface area contributed by atoms with E-state index in [0.29, 0.717) is 16.8 Å². The van der Waals surface area contributed by atoms with Crippen LogP contribution in [0.3, 0.4) is 0 Å². The fourth-order valence-corrected chi connectivity index (χ4v) is 4.64. The fourth-order valence-electron chi connectivity index (χ4n) is 4.35. The zero-order valence-electron chi connectivity index (χ0n) is 15.1. The van der Waals surface area contributed by atoms with Gasteiger partial charge in [0.05, 0.1) is 10.9 Å². The van der Waals surface area contributed by atoms with Gasteiger partial charge in [-0.2, -0.15) is 0 Å². The highest BCUT2D eigenvalue weighted by molar-refractivity contribution is 6.32. The molecule has 1 saturated heterocycles. The number of benzene rings is 1. The number of hydrogen-bond acceptors (Lipinski definition) is 4. The molecule has 2 heterocycles. The number of amides is 1. The largest absolute Gasteiger partial charge is 0.454 e. The number of rotatable bonds is 4. The summed E-state index contributed by atoms with van der Waals surface area (Å²) in [5, 5.41) is 3.89. The molecule has 1 N–H and O–H groups in total. The van der Waals surface area contributed by atoms with Crippen molar-refractivity contribution in [1.82, 2.24) is 10.2 Å². The molecule has 0 spiro atoms. The van der Waals surface area contributed by atoms with Crippen LogP contribution in [-0.4, -0.2) is 36.7 Å². The molecule has 1 aromatic rings. The third-order valence-electron chi connectivity index (χ3n) is 5.72. The Hall–Kier alpha value is -1.46. The van der Waals surface area contributed by atoms with Crippen LogP contribution in [0.2, 0.25) is 5.02 Å². The maximum atomic E-state index is 12.7. The standard InChI is InChI=1S/C20H27ClN2O3/c21-17-9-14(10-18-19(17)26-13-25-18)11-23-8-4-5-15(12-23)20(24)22-16-6-2-1-3-7-16/h9-10,15-16H,1-8,11-13H2,(H,22,24). The molecule has 26 heavy (non-hydrogen) atoms. The van der Waals surface area contributed by atoms with E-state index < -0.39 is 0 Å². The Morgan fingerprint density at radius 3 is 2.85 bits per heavy atom. The van der Waals surface area contributed by atoms with Crippen LogP contribution in [0.4, 0.5) is 0 Å². The lowest BCUT2D eigenvalue weighted by molar-refractivity contribution is -0.127. The van der Waals surface area contributed by atoms with E-state index >= 15 is 0 Å². The van der Waals surface area contributed by atoms with Crippen LogP contribution in [-0.2, 0) is 11.3 Å². The second-order valence-corrected chi connectivity index (χ2v) is 8.14. The molecule has 4 rings (SSSR count). The Labute approximate surface area is 160 Å². The summed E-state index contributed by atoms with van der Waals surface area (Å²) < 4.78 is 10.8. The van der Waals surface area contributed by atoms with E-state index in [1.165, 1.54) is 19.3 Å². The summed E-state index contributed by atoms with van der Waals surface area (Å²) in [6.07, 6.45) is 8.11. The Bertz CT molecular complexity index is 661. The van der Waals surface area contributed by atoms with Crippen molar-refractivity contribution < 1.29 is 14.3 Å². The van der Waals surface area contributed by atoms with E-state index in [0.717, 1.165) is 56.6 Å². The van der Waals surface area contributed by atoms with Crippen LogP contribution in [0.5, 0.6) is 11.5 Å².